The molecule has 1 heterocycles. The molecule has 1 aliphatic rings. The molecule has 0 aromatic heterocycles. The fraction of sp³-hybridized carbons (Fsp3) is 0.214. The number of aryl methyl sites for hydroxylation is 1. The Bertz CT molecular complexity index is 1400. The van der Waals surface area contributed by atoms with Gasteiger partial charge in [-0.2, -0.15) is 0 Å². The first-order valence-corrected chi connectivity index (χ1v) is 12.4. The molecule has 2 atom stereocenters. The molecule has 3 aromatic rings. The molecule has 12 heteroatoms. The molecule has 208 valence electrons. The second-order valence-corrected chi connectivity index (χ2v) is 9.21. The van der Waals surface area contributed by atoms with E-state index in [1.807, 2.05) is 13.0 Å². The van der Waals surface area contributed by atoms with E-state index in [0.29, 0.717) is 11.3 Å². The SMILES string of the molecule is Cc1cccc(NC(=O)N2CCN(C(=O)Nc3ccc(F)cc3)C2C(=O)NC(CC(=O)O)c2ccc(F)cc2)c1. The fourth-order valence-corrected chi connectivity index (χ4v) is 4.35. The average Bonchev–Trinajstić information content (AvgIpc) is 3.36. The fourth-order valence-electron chi connectivity index (χ4n) is 4.35. The molecule has 10 nitrogen and oxygen atoms in total. The van der Waals surface area contributed by atoms with Gasteiger partial charge in [-0.25, -0.2) is 18.4 Å². The zero-order valence-corrected chi connectivity index (χ0v) is 21.4. The van der Waals surface area contributed by atoms with Gasteiger partial charge < -0.3 is 21.1 Å². The van der Waals surface area contributed by atoms with Crippen molar-refractivity contribution in [2.75, 3.05) is 23.7 Å². The van der Waals surface area contributed by atoms with E-state index in [2.05, 4.69) is 16.0 Å². The highest BCUT2D eigenvalue weighted by Crippen LogP contribution is 2.23. The lowest BCUT2D eigenvalue weighted by Gasteiger charge is -2.31. The highest BCUT2D eigenvalue weighted by atomic mass is 19.1. The molecular weight excluding hydrogens is 524 g/mol. The van der Waals surface area contributed by atoms with Crippen LogP contribution in [0.15, 0.2) is 72.8 Å². The lowest BCUT2D eigenvalue weighted by molar-refractivity contribution is -0.138. The van der Waals surface area contributed by atoms with E-state index in [4.69, 9.17) is 0 Å². The number of anilines is 2. The number of carboxylic acids is 1. The van der Waals surface area contributed by atoms with E-state index in [1.165, 1.54) is 24.3 Å². The summed E-state index contributed by atoms with van der Waals surface area (Å²) in [5.41, 5.74) is 1.97. The number of hydrogen-bond donors (Lipinski definition) is 4. The number of halogens is 2. The number of aliphatic carboxylic acids is 1. The molecule has 0 radical (unpaired) electrons. The normalized spacial score (nSPS) is 15.3. The molecule has 4 N–H and O–H groups in total. The third kappa shape index (κ3) is 6.90. The minimum Gasteiger partial charge on any atom is -0.481 e. The highest BCUT2D eigenvalue weighted by molar-refractivity contribution is 5.98. The summed E-state index contributed by atoms with van der Waals surface area (Å²) >= 11 is 0. The van der Waals surface area contributed by atoms with Gasteiger partial charge in [0.1, 0.15) is 11.6 Å². The molecule has 4 rings (SSSR count). The maximum absolute atomic E-state index is 13.6. The lowest BCUT2D eigenvalue weighted by atomic mass is 10.0. The van der Waals surface area contributed by atoms with Crippen LogP contribution in [0.3, 0.4) is 0 Å². The molecule has 1 fully saturated rings. The van der Waals surface area contributed by atoms with Gasteiger partial charge in [0.05, 0.1) is 12.5 Å². The molecule has 0 saturated carbocycles. The van der Waals surface area contributed by atoms with Gasteiger partial charge in [0.25, 0.3) is 5.91 Å². The van der Waals surface area contributed by atoms with Crippen molar-refractivity contribution in [2.45, 2.75) is 25.6 Å². The summed E-state index contributed by atoms with van der Waals surface area (Å²) in [5, 5.41) is 17.3. The van der Waals surface area contributed by atoms with Crippen LogP contribution in [0, 0.1) is 18.6 Å². The second kappa shape index (κ2) is 12.2. The molecule has 1 saturated heterocycles. The monoisotopic (exact) mass is 551 g/mol. The molecule has 5 amide bonds. The lowest BCUT2D eigenvalue weighted by Crippen LogP contribution is -2.56. The summed E-state index contributed by atoms with van der Waals surface area (Å²) in [6.07, 6.45) is -1.98. The van der Waals surface area contributed by atoms with Crippen molar-refractivity contribution < 1.29 is 33.1 Å². The smallest absolute Gasteiger partial charge is 0.323 e. The van der Waals surface area contributed by atoms with Gasteiger partial charge >= 0.3 is 18.0 Å². The predicted molar refractivity (Wildman–Crippen MR) is 142 cm³/mol. The molecular formula is C28H27F2N5O5. The zero-order valence-electron chi connectivity index (χ0n) is 21.4. The number of carbonyl (C=O) groups is 4. The van der Waals surface area contributed by atoms with Crippen molar-refractivity contribution in [3.63, 3.8) is 0 Å². The van der Waals surface area contributed by atoms with E-state index in [1.54, 1.807) is 18.2 Å². The number of rotatable bonds is 7. The Balaban J connectivity index is 1.60. The molecule has 2 unspecified atom stereocenters. The number of urea groups is 2. The van der Waals surface area contributed by atoms with Crippen LogP contribution in [0.25, 0.3) is 0 Å². The van der Waals surface area contributed by atoms with Gasteiger partial charge in [0.15, 0.2) is 6.17 Å². The van der Waals surface area contributed by atoms with Gasteiger partial charge in [0.2, 0.25) is 0 Å². The average molecular weight is 552 g/mol. The summed E-state index contributed by atoms with van der Waals surface area (Å²) in [7, 11) is 0. The van der Waals surface area contributed by atoms with E-state index >= 15 is 0 Å². The van der Waals surface area contributed by atoms with Crippen LogP contribution in [0.5, 0.6) is 0 Å². The largest absolute Gasteiger partial charge is 0.481 e. The highest BCUT2D eigenvalue weighted by Gasteiger charge is 2.43. The molecule has 0 aliphatic carbocycles. The van der Waals surface area contributed by atoms with Gasteiger partial charge in [0, 0.05) is 24.5 Å². The number of nitrogens with zero attached hydrogens (tertiary/aromatic N) is 2. The minimum atomic E-state index is -1.46. The van der Waals surface area contributed by atoms with E-state index in [-0.39, 0.29) is 18.8 Å². The number of carbonyl (C=O) groups excluding carboxylic acids is 3. The van der Waals surface area contributed by atoms with Crippen molar-refractivity contribution in [2.24, 2.45) is 0 Å². The number of benzene rings is 3. The van der Waals surface area contributed by atoms with Crippen molar-refractivity contribution >= 4 is 35.3 Å². The third-order valence-corrected chi connectivity index (χ3v) is 6.26. The van der Waals surface area contributed by atoms with E-state index < -0.39 is 54.2 Å². The molecule has 0 bridgehead atoms. The van der Waals surface area contributed by atoms with Crippen molar-refractivity contribution in [3.8, 4) is 0 Å². The Kier molecular flexibility index (Phi) is 8.57. The van der Waals surface area contributed by atoms with Crippen LogP contribution < -0.4 is 16.0 Å². The first kappa shape index (κ1) is 28.0. The summed E-state index contributed by atoms with van der Waals surface area (Å²) in [6.45, 7) is 1.82. The maximum Gasteiger partial charge on any atom is 0.323 e. The van der Waals surface area contributed by atoms with Crippen LogP contribution >= 0.6 is 0 Å². The Hall–Kier alpha value is -5.00. The topological polar surface area (TPSA) is 131 Å². The summed E-state index contributed by atoms with van der Waals surface area (Å²) < 4.78 is 26.8. The van der Waals surface area contributed by atoms with Crippen LogP contribution in [0.2, 0.25) is 0 Å². The van der Waals surface area contributed by atoms with Crippen molar-refractivity contribution in [1.29, 1.82) is 0 Å². The summed E-state index contributed by atoms with van der Waals surface area (Å²) in [6, 6.07) is 14.5. The predicted octanol–water partition coefficient (Wildman–Crippen LogP) is 4.31. The van der Waals surface area contributed by atoms with E-state index in [9.17, 15) is 33.1 Å². The number of carboxylic acid groups (broad SMARTS) is 1. The molecule has 40 heavy (non-hydrogen) atoms. The maximum atomic E-state index is 13.6. The third-order valence-electron chi connectivity index (χ3n) is 6.26. The number of hydrogen-bond acceptors (Lipinski definition) is 4. The van der Waals surface area contributed by atoms with Crippen molar-refractivity contribution in [3.05, 3.63) is 95.6 Å². The van der Waals surface area contributed by atoms with Crippen LogP contribution in [-0.4, -0.2) is 58.1 Å². The van der Waals surface area contributed by atoms with Crippen molar-refractivity contribution in [1.82, 2.24) is 15.1 Å². The van der Waals surface area contributed by atoms with Crippen LogP contribution in [0.1, 0.15) is 23.6 Å². The number of nitrogens with one attached hydrogen (secondary N) is 3. The Morgan fingerprint density at radius 3 is 1.95 bits per heavy atom. The minimum absolute atomic E-state index is 0.00722. The molecule has 1 aliphatic heterocycles. The van der Waals surface area contributed by atoms with Crippen LogP contribution in [-0.2, 0) is 9.59 Å². The van der Waals surface area contributed by atoms with Gasteiger partial charge in [-0.05, 0) is 66.6 Å². The Morgan fingerprint density at radius 1 is 0.850 bits per heavy atom. The first-order chi connectivity index (χ1) is 19.1. The standard InChI is InChI=1S/C28H27F2N5O5/c1-17-3-2-4-22(15-17)32-28(40)35-14-13-34(27(39)31-21-11-9-20(30)10-12-21)26(35)25(38)33-23(16-24(36)37)18-5-7-19(29)8-6-18/h2-12,15,23,26H,13-14,16H2,1H3,(H,31,39)(H,32,40)(H,33,38)(H,36,37). The molecule has 0 spiro atoms. The Labute approximate surface area is 228 Å². The summed E-state index contributed by atoms with van der Waals surface area (Å²) in [4.78, 5) is 54.0. The van der Waals surface area contributed by atoms with E-state index in [0.717, 1.165) is 39.6 Å². The Morgan fingerprint density at radius 2 is 1.40 bits per heavy atom. The van der Waals surface area contributed by atoms with Gasteiger partial charge in [-0.15, -0.1) is 0 Å². The molecule has 3 aromatic carbocycles. The zero-order chi connectivity index (χ0) is 28.8. The van der Waals surface area contributed by atoms with Crippen LogP contribution in [0.4, 0.5) is 29.7 Å². The quantitative estimate of drug-likeness (QED) is 0.348. The first-order valence-electron chi connectivity index (χ1n) is 12.4. The summed E-state index contributed by atoms with van der Waals surface area (Å²) in [5.74, 6) is -3.08. The van der Waals surface area contributed by atoms with Gasteiger partial charge in [-0.3, -0.25) is 19.4 Å². The number of amides is 5. The van der Waals surface area contributed by atoms with Gasteiger partial charge in [-0.1, -0.05) is 24.3 Å². The second-order valence-electron chi connectivity index (χ2n) is 9.21.